The summed E-state index contributed by atoms with van der Waals surface area (Å²) in [4.78, 5) is 19.4. The first-order chi connectivity index (χ1) is 15.1. The maximum atomic E-state index is 12.8. The molecule has 1 amide bonds. The van der Waals surface area contributed by atoms with Crippen molar-refractivity contribution in [2.45, 2.75) is 25.2 Å². The van der Waals surface area contributed by atoms with Gasteiger partial charge in [-0.3, -0.25) is 4.79 Å². The van der Waals surface area contributed by atoms with E-state index in [0.29, 0.717) is 23.8 Å². The number of benzene rings is 2. The Balaban J connectivity index is 1.36. The maximum Gasteiger partial charge on any atom is 0.228 e. The lowest BCUT2D eigenvalue weighted by molar-refractivity contribution is -0.131. The third kappa shape index (κ3) is 4.82. The van der Waals surface area contributed by atoms with Crippen LogP contribution in [0.2, 0.25) is 0 Å². The zero-order valence-electron chi connectivity index (χ0n) is 17.7. The number of thiazole rings is 1. The van der Waals surface area contributed by atoms with Crippen LogP contribution in [0, 0.1) is 0 Å². The van der Waals surface area contributed by atoms with Gasteiger partial charge in [0, 0.05) is 24.0 Å². The number of likely N-dealkylation sites (tertiary alicyclic amines) is 1. The van der Waals surface area contributed by atoms with Crippen molar-refractivity contribution in [1.82, 2.24) is 9.88 Å². The number of piperidine rings is 1. The first-order valence-corrected chi connectivity index (χ1v) is 11.2. The summed E-state index contributed by atoms with van der Waals surface area (Å²) in [6.07, 6.45) is 2.18. The predicted molar refractivity (Wildman–Crippen MR) is 121 cm³/mol. The molecule has 0 saturated carbocycles. The van der Waals surface area contributed by atoms with Crippen molar-refractivity contribution in [1.29, 1.82) is 0 Å². The van der Waals surface area contributed by atoms with E-state index < -0.39 is 0 Å². The number of hydrogen-bond donors (Lipinski definition) is 1. The van der Waals surface area contributed by atoms with Crippen LogP contribution in [-0.4, -0.2) is 48.2 Å². The highest BCUT2D eigenvalue weighted by Gasteiger charge is 2.24. The fraction of sp³-hybridized carbons (Fsp3) is 0.333. The monoisotopic (exact) mass is 438 g/mol. The van der Waals surface area contributed by atoms with Crippen LogP contribution in [0.3, 0.4) is 0 Å². The molecule has 0 spiro atoms. The Labute approximate surface area is 186 Å². The maximum absolute atomic E-state index is 12.8. The van der Waals surface area contributed by atoms with Gasteiger partial charge in [0.25, 0.3) is 0 Å². The van der Waals surface area contributed by atoms with Gasteiger partial charge < -0.3 is 19.5 Å². The number of carbonyl (C=O) groups excluding carboxylic acids is 1. The van der Waals surface area contributed by atoms with Gasteiger partial charge in [-0.1, -0.05) is 12.1 Å². The number of phenols is 1. The van der Waals surface area contributed by atoms with Crippen molar-refractivity contribution >= 4 is 17.2 Å². The lowest BCUT2D eigenvalue weighted by Crippen LogP contribution is -2.38. The summed E-state index contributed by atoms with van der Waals surface area (Å²) in [5, 5.41) is 12.3. The van der Waals surface area contributed by atoms with E-state index in [1.165, 1.54) is 16.9 Å². The van der Waals surface area contributed by atoms with Gasteiger partial charge in [0.15, 0.2) is 11.5 Å². The van der Waals surface area contributed by atoms with Crippen LogP contribution in [0.1, 0.15) is 30.0 Å². The highest BCUT2D eigenvalue weighted by Crippen LogP contribution is 2.34. The average molecular weight is 439 g/mol. The van der Waals surface area contributed by atoms with Gasteiger partial charge in [-0.25, -0.2) is 4.98 Å². The number of methoxy groups -OCH3 is 2. The molecule has 7 heteroatoms. The number of aromatic hydroxyl groups is 1. The van der Waals surface area contributed by atoms with Crippen molar-refractivity contribution in [3.05, 3.63) is 59.1 Å². The van der Waals surface area contributed by atoms with Crippen molar-refractivity contribution < 1.29 is 19.4 Å². The second kappa shape index (κ2) is 9.39. The molecule has 0 aliphatic carbocycles. The van der Waals surface area contributed by atoms with Crippen LogP contribution in [0.5, 0.6) is 17.2 Å². The van der Waals surface area contributed by atoms with E-state index in [1.54, 1.807) is 26.4 Å². The Morgan fingerprint density at radius 1 is 1.10 bits per heavy atom. The molecule has 1 aromatic heterocycles. The molecular weight excluding hydrogens is 412 g/mol. The quantitative estimate of drug-likeness (QED) is 0.614. The average Bonchev–Trinajstić information content (AvgIpc) is 3.27. The molecule has 2 heterocycles. The smallest absolute Gasteiger partial charge is 0.228 e. The third-order valence-electron chi connectivity index (χ3n) is 5.73. The molecule has 1 fully saturated rings. The summed E-state index contributed by atoms with van der Waals surface area (Å²) in [5.74, 6) is 2.17. The summed E-state index contributed by atoms with van der Waals surface area (Å²) >= 11 is 1.52. The number of phenolic OH excluding ortho intramolecular Hbond substituents is 1. The van der Waals surface area contributed by atoms with Crippen LogP contribution >= 0.6 is 11.3 Å². The highest BCUT2D eigenvalue weighted by molar-refractivity contribution is 7.13. The number of ether oxygens (including phenoxy) is 2. The van der Waals surface area contributed by atoms with Crippen molar-refractivity contribution in [2.75, 3.05) is 27.3 Å². The molecule has 31 heavy (non-hydrogen) atoms. The Bertz CT molecular complexity index is 1040. The fourth-order valence-corrected chi connectivity index (χ4v) is 4.78. The Morgan fingerprint density at radius 3 is 2.48 bits per heavy atom. The molecule has 2 aromatic carbocycles. The Hall–Kier alpha value is -3.06. The Morgan fingerprint density at radius 2 is 1.81 bits per heavy atom. The van der Waals surface area contributed by atoms with Crippen LogP contribution in [0.15, 0.2) is 47.8 Å². The minimum absolute atomic E-state index is 0.119. The molecule has 1 N–H and O–H groups in total. The number of aromatic nitrogens is 1. The van der Waals surface area contributed by atoms with Gasteiger partial charge in [-0.2, -0.15) is 0 Å². The van der Waals surface area contributed by atoms with Crippen LogP contribution in [0.4, 0.5) is 0 Å². The topological polar surface area (TPSA) is 71.9 Å². The van der Waals surface area contributed by atoms with E-state index in [0.717, 1.165) is 42.2 Å². The van der Waals surface area contributed by atoms with Gasteiger partial charge in [0.05, 0.1) is 26.3 Å². The fourth-order valence-electron chi connectivity index (χ4n) is 3.97. The molecule has 6 nitrogen and oxygen atoms in total. The molecule has 1 saturated heterocycles. The van der Waals surface area contributed by atoms with E-state index in [2.05, 4.69) is 4.98 Å². The number of amides is 1. The molecule has 0 atom stereocenters. The largest absolute Gasteiger partial charge is 0.508 e. The van der Waals surface area contributed by atoms with Gasteiger partial charge in [0.1, 0.15) is 10.8 Å². The molecule has 1 aliphatic rings. The first-order valence-electron chi connectivity index (χ1n) is 10.3. The molecular formula is C24H26N2O4S. The summed E-state index contributed by atoms with van der Waals surface area (Å²) in [5.41, 5.74) is 2.96. The summed E-state index contributed by atoms with van der Waals surface area (Å²) in [6.45, 7) is 1.49. The highest BCUT2D eigenvalue weighted by atomic mass is 32.1. The number of carbonyl (C=O) groups is 1. The number of hydrogen-bond acceptors (Lipinski definition) is 6. The summed E-state index contributed by atoms with van der Waals surface area (Å²) in [7, 11) is 3.22. The van der Waals surface area contributed by atoms with Crippen LogP contribution < -0.4 is 9.47 Å². The zero-order chi connectivity index (χ0) is 21.8. The molecule has 4 rings (SSSR count). The van der Waals surface area contributed by atoms with Crippen molar-refractivity contribution in [3.63, 3.8) is 0 Å². The summed E-state index contributed by atoms with van der Waals surface area (Å²) in [6, 6.07) is 13.1. The third-order valence-corrected chi connectivity index (χ3v) is 6.67. The molecule has 0 unspecified atom stereocenters. The van der Waals surface area contributed by atoms with Crippen LogP contribution in [0.25, 0.3) is 10.6 Å². The van der Waals surface area contributed by atoms with E-state index in [1.807, 2.05) is 40.6 Å². The van der Waals surface area contributed by atoms with E-state index in [9.17, 15) is 9.90 Å². The van der Waals surface area contributed by atoms with E-state index in [-0.39, 0.29) is 11.7 Å². The second-order valence-corrected chi connectivity index (χ2v) is 8.50. The van der Waals surface area contributed by atoms with E-state index in [4.69, 9.17) is 9.47 Å². The first kappa shape index (κ1) is 21.2. The molecule has 1 aliphatic heterocycles. The number of rotatable bonds is 6. The predicted octanol–water partition coefficient (Wildman–Crippen LogP) is 4.48. The lowest BCUT2D eigenvalue weighted by Gasteiger charge is -2.32. The Kier molecular flexibility index (Phi) is 6.42. The zero-order valence-corrected chi connectivity index (χ0v) is 18.5. The van der Waals surface area contributed by atoms with Crippen LogP contribution in [-0.2, 0) is 11.2 Å². The molecule has 0 bridgehead atoms. The van der Waals surface area contributed by atoms with Gasteiger partial charge in [-0.05, 0) is 54.7 Å². The van der Waals surface area contributed by atoms with Gasteiger partial charge in [0.2, 0.25) is 5.91 Å². The van der Waals surface area contributed by atoms with E-state index >= 15 is 0 Å². The number of nitrogens with zero attached hydrogens (tertiary/aromatic N) is 2. The van der Waals surface area contributed by atoms with Gasteiger partial charge >= 0.3 is 0 Å². The standard InChI is InChI=1S/C24H26N2O4S/c1-29-21-8-5-18(13-22(21)30-2)24-25-19(15-31-24)14-23(28)26-11-9-17(10-12-26)16-3-6-20(27)7-4-16/h3-8,13,15,17,27H,9-12,14H2,1-2H3. The minimum Gasteiger partial charge on any atom is -0.508 e. The van der Waals surface area contributed by atoms with Crippen molar-refractivity contribution in [3.8, 4) is 27.8 Å². The SMILES string of the molecule is COc1ccc(-c2nc(CC(=O)N3CCC(c4ccc(O)cc4)CC3)cs2)cc1OC. The second-order valence-electron chi connectivity index (χ2n) is 7.64. The molecule has 162 valence electrons. The lowest BCUT2D eigenvalue weighted by atomic mass is 9.89. The molecule has 3 aromatic rings. The van der Waals surface area contributed by atoms with Crippen molar-refractivity contribution in [2.24, 2.45) is 0 Å². The summed E-state index contributed by atoms with van der Waals surface area (Å²) < 4.78 is 10.7. The normalized spacial score (nSPS) is 14.5. The molecule has 0 radical (unpaired) electrons. The minimum atomic E-state index is 0.119. The van der Waals surface area contributed by atoms with Gasteiger partial charge in [-0.15, -0.1) is 11.3 Å².